The Balaban J connectivity index is 2.51. The average Bonchev–Trinajstić information content (AvgIpc) is 1.99. The minimum Gasteiger partial charge on any atom is -0.385 e. The van der Waals surface area contributed by atoms with E-state index in [9.17, 15) is 13.2 Å². The third kappa shape index (κ3) is 5.06. The molecule has 0 aliphatic rings. The monoisotopic (exact) mass is 281 g/mol. The molecule has 0 fully saturated rings. The summed E-state index contributed by atoms with van der Waals surface area (Å²) in [7, 11) is 0. The zero-order valence-corrected chi connectivity index (χ0v) is 9.74. The summed E-state index contributed by atoms with van der Waals surface area (Å²) in [5.41, 5.74) is 1.70. The first-order valence-electron chi connectivity index (χ1n) is 4.45. The number of benzene rings is 1. The Labute approximate surface area is 94.8 Å². The van der Waals surface area contributed by atoms with Gasteiger partial charge in [0.15, 0.2) is 0 Å². The molecule has 0 radical (unpaired) electrons. The van der Waals surface area contributed by atoms with E-state index in [2.05, 4.69) is 21.2 Å². The number of nitrogens with one attached hydrogen (secondary N) is 1. The molecule has 0 aromatic heterocycles. The van der Waals surface area contributed by atoms with Crippen molar-refractivity contribution in [2.24, 2.45) is 0 Å². The first-order chi connectivity index (χ1) is 6.87. The van der Waals surface area contributed by atoms with Gasteiger partial charge in [0.2, 0.25) is 0 Å². The molecule has 0 aliphatic carbocycles. The summed E-state index contributed by atoms with van der Waals surface area (Å²) in [5, 5.41) is 2.73. The van der Waals surface area contributed by atoms with Crippen molar-refractivity contribution < 1.29 is 13.2 Å². The molecule has 0 heterocycles. The normalized spacial score (nSPS) is 11.5. The van der Waals surface area contributed by atoms with Gasteiger partial charge in [-0.05, 0) is 30.7 Å². The number of alkyl halides is 3. The largest absolute Gasteiger partial charge is 0.390 e. The minimum absolute atomic E-state index is 0.0978. The van der Waals surface area contributed by atoms with Gasteiger partial charge >= 0.3 is 6.18 Å². The van der Waals surface area contributed by atoms with Gasteiger partial charge in [-0.25, -0.2) is 0 Å². The molecule has 1 N–H and O–H groups in total. The lowest BCUT2D eigenvalue weighted by Crippen LogP contribution is -2.14. The molecule has 0 saturated heterocycles. The Morgan fingerprint density at radius 1 is 1.27 bits per heavy atom. The molecule has 1 nitrogen and oxygen atoms in total. The number of anilines is 1. The Bertz CT molecular complexity index is 316. The SMILES string of the molecule is Cc1cc(Br)cc(NCCC(F)(F)F)c1. The molecular formula is C10H11BrF3N. The number of aryl methyl sites for hydroxylation is 1. The smallest absolute Gasteiger partial charge is 0.385 e. The van der Waals surface area contributed by atoms with Crippen LogP contribution in [0.4, 0.5) is 18.9 Å². The van der Waals surface area contributed by atoms with Crippen LogP contribution < -0.4 is 5.32 Å². The van der Waals surface area contributed by atoms with E-state index >= 15 is 0 Å². The third-order valence-corrected chi connectivity index (χ3v) is 2.24. The van der Waals surface area contributed by atoms with Crippen molar-refractivity contribution in [1.82, 2.24) is 0 Å². The highest BCUT2D eigenvalue weighted by molar-refractivity contribution is 9.10. The Hall–Kier alpha value is -0.710. The minimum atomic E-state index is -4.10. The highest BCUT2D eigenvalue weighted by atomic mass is 79.9. The topological polar surface area (TPSA) is 12.0 Å². The van der Waals surface area contributed by atoms with Gasteiger partial charge in [-0.2, -0.15) is 13.2 Å². The van der Waals surface area contributed by atoms with Crippen LogP contribution in [-0.4, -0.2) is 12.7 Å². The summed E-state index contributed by atoms with van der Waals surface area (Å²) < 4.78 is 36.5. The van der Waals surface area contributed by atoms with Crippen molar-refractivity contribution in [2.75, 3.05) is 11.9 Å². The molecule has 1 rings (SSSR count). The Kier molecular flexibility index (Phi) is 4.02. The molecule has 1 aromatic rings. The number of hydrogen-bond donors (Lipinski definition) is 1. The van der Waals surface area contributed by atoms with Gasteiger partial charge in [-0.1, -0.05) is 15.9 Å². The van der Waals surface area contributed by atoms with Gasteiger partial charge in [0.25, 0.3) is 0 Å². The average molecular weight is 282 g/mol. The van der Waals surface area contributed by atoms with Crippen LogP contribution in [0.3, 0.4) is 0 Å². The summed E-state index contributed by atoms with van der Waals surface area (Å²) in [6, 6.07) is 5.46. The molecule has 0 atom stereocenters. The van der Waals surface area contributed by atoms with Crippen LogP contribution in [0, 0.1) is 6.92 Å². The second-order valence-electron chi connectivity index (χ2n) is 3.31. The lowest BCUT2D eigenvalue weighted by molar-refractivity contribution is -0.131. The number of rotatable bonds is 3. The molecule has 84 valence electrons. The fourth-order valence-electron chi connectivity index (χ4n) is 1.19. The van der Waals surface area contributed by atoms with Crippen molar-refractivity contribution in [1.29, 1.82) is 0 Å². The number of hydrogen-bond acceptors (Lipinski definition) is 1. The fourth-order valence-corrected chi connectivity index (χ4v) is 1.79. The van der Waals surface area contributed by atoms with Gasteiger partial charge in [0.1, 0.15) is 0 Å². The van der Waals surface area contributed by atoms with E-state index in [1.165, 1.54) is 0 Å². The maximum absolute atomic E-state index is 11.9. The second kappa shape index (κ2) is 4.88. The predicted molar refractivity (Wildman–Crippen MR) is 58.0 cm³/mol. The zero-order chi connectivity index (χ0) is 11.5. The lowest BCUT2D eigenvalue weighted by atomic mass is 10.2. The quantitative estimate of drug-likeness (QED) is 0.879. The van der Waals surface area contributed by atoms with Crippen LogP contribution in [0.25, 0.3) is 0 Å². The van der Waals surface area contributed by atoms with E-state index in [0.717, 1.165) is 10.0 Å². The molecule has 0 amide bonds. The second-order valence-corrected chi connectivity index (χ2v) is 4.22. The van der Waals surface area contributed by atoms with Crippen LogP contribution in [0.1, 0.15) is 12.0 Å². The van der Waals surface area contributed by atoms with Crippen molar-refractivity contribution in [3.8, 4) is 0 Å². The van der Waals surface area contributed by atoms with E-state index < -0.39 is 12.6 Å². The molecule has 0 unspecified atom stereocenters. The summed E-state index contributed by atoms with van der Waals surface area (Å²) in [6.07, 6.45) is -4.92. The molecular weight excluding hydrogens is 271 g/mol. The molecule has 0 aliphatic heterocycles. The van der Waals surface area contributed by atoms with Crippen LogP contribution >= 0.6 is 15.9 Å². The molecule has 0 bridgehead atoms. The highest BCUT2D eigenvalue weighted by Gasteiger charge is 2.26. The summed E-state index contributed by atoms with van der Waals surface area (Å²) in [5.74, 6) is 0. The van der Waals surface area contributed by atoms with E-state index in [-0.39, 0.29) is 6.54 Å². The molecule has 0 spiro atoms. The molecule has 0 saturated carbocycles. The van der Waals surface area contributed by atoms with Crippen molar-refractivity contribution in [3.63, 3.8) is 0 Å². The van der Waals surface area contributed by atoms with Gasteiger partial charge in [-0.3, -0.25) is 0 Å². The lowest BCUT2D eigenvalue weighted by Gasteiger charge is -2.09. The Morgan fingerprint density at radius 3 is 2.47 bits per heavy atom. The molecule has 5 heteroatoms. The first-order valence-corrected chi connectivity index (χ1v) is 5.24. The van der Waals surface area contributed by atoms with Crippen molar-refractivity contribution >= 4 is 21.6 Å². The fraction of sp³-hybridized carbons (Fsp3) is 0.400. The maximum atomic E-state index is 11.9. The standard InChI is InChI=1S/C10H11BrF3N/c1-7-4-8(11)6-9(5-7)15-3-2-10(12,13)14/h4-6,15H,2-3H2,1H3. The van der Waals surface area contributed by atoms with E-state index in [4.69, 9.17) is 0 Å². The summed E-state index contributed by atoms with van der Waals surface area (Å²) in [6.45, 7) is 1.79. The van der Waals surface area contributed by atoms with Crippen LogP contribution in [0.15, 0.2) is 22.7 Å². The summed E-state index contributed by atoms with van der Waals surface area (Å²) >= 11 is 3.28. The molecule has 15 heavy (non-hydrogen) atoms. The van der Waals surface area contributed by atoms with E-state index in [1.54, 1.807) is 12.1 Å². The van der Waals surface area contributed by atoms with Crippen LogP contribution in [0.5, 0.6) is 0 Å². The van der Waals surface area contributed by atoms with Gasteiger partial charge in [0.05, 0.1) is 6.42 Å². The van der Waals surface area contributed by atoms with E-state index in [0.29, 0.717) is 5.69 Å². The number of halogens is 4. The van der Waals surface area contributed by atoms with Crippen molar-refractivity contribution in [3.05, 3.63) is 28.2 Å². The van der Waals surface area contributed by atoms with Gasteiger partial charge in [-0.15, -0.1) is 0 Å². The van der Waals surface area contributed by atoms with E-state index in [1.807, 2.05) is 13.0 Å². The maximum Gasteiger partial charge on any atom is 0.390 e. The van der Waals surface area contributed by atoms with Gasteiger partial charge < -0.3 is 5.32 Å². The summed E-state index contributed by atoms with van der Waals surface area (Å²) in [4.78, 5) is 0. The first kappa shape index (κ1) is 12.4. The van der Waals surface area contributed by atoms with Crippen LogP contribution in [-0.2, 0) is 0 Å². The zero-order valence-electron chi connectivity index (χ0n) is 8.16. The van der Waals surface area contributed by atoms with Crippen LogP contribution in [0.2, 0.25) is 0 Å². The van der Waals surface area contributed by atoms with Gasteiger partial charge in [0, 0.05) is 16.7 Å². The third-order valence-electron chi connectivity index (χ3n) is 1.78. The van der Waals surface area contributed by atoms with Crippen molar-refractivity contribution in [2.45, 2.75) is 19.5 Å². The highest BCUT2D eigenvalue weighted by Crippen LogP contribution is 2.21. The predicted octanol–water partition coefficient (Wildman–Crippen LogP) is 4.12. The Morgan fingerprint density at radius 2 is 1.93 bits per heavy atom. The molecule has 1 aromatic carbocycles.